The van der Waals surface area contributed by atoms with Crippen LogP contribution in [0.3, 0.4) is 0 Å². The van der Waals surface area contributed by atoms with Gasteiger partial charge in [-0.3, -0.25) is 0 Å². The van der Waals surface area contributed by atoms with Crippen molar-refractivity contribution in [3.05, 3.63) is 54.1 Å². The number of nitrogens with one attached hydrogen (secondary N) is 1. The van der Waals surface area contributed by atoms with Crippen molar-refractivity contribution in [2.45, 2.75) is 22.8 Å². The van der Waals surface area contributed by atoms with Gasteiger partial charge in [0.15, 0.2) is 0 Å². The molecule has 0 saturated heterocycles. The van der Waals surface area contributed by atoms with E-state index in [4.69, 9.17) is 0 Å². The van der Waals surface area contributed by atoms with Crippen LogP contribution in [0, 0.1) is 0 Å². The van der Waals surface area contributed by atoms with Crippen LogP contribution in [0.25, 0.3) is 0 Å². The summed E-state index contributed by atoms with van der Waals surface area (Å²) in [6.07, 6.45) is 0. The van der Waals surface area contributed by atoms with Crippen molar-refractivity contribution in [1.29, 1.82) is 0 Å². The third-order valence-corrected chi connectivity index (χ3v) is 4.52. The molecule has 0 aliphatic carbocycles. The Balaban J connectivity index is 2.09. The fraction of sp³-hybridized carbons (Fsp3) is 0.333. The fourth-order valence-electron chi connectivity index (χ4n) is 2.22. The molecule has 118 valence electrons. The number of rotatable bonds is 7. The highest BCUT2D eigenvalue weighted by atomic mass is 32.2. The van der Waals surface area contributed by atoms with Crippen molar-refractivity contribution in [3.63, 3.8) is 0 Å². The molecule has 0 aliphatic rings. The van der Waals surface area contributed by atoms with Crippen LogP contribution in [0.5, 0.6) is 5.75 Å². The van der Waals surface area contributed by atoms with Crippen molar-refractivity contribution in [2.75, 3.05) is 27.2 Å². The second-order valence-electron chi connectivity index (χ2n) is 5.62. The van der Waals surface area contributed by atoms with E-state index in [1.54, 1.807) is 23.9 Å². The standard InChI is InChI=1S/C18H24N2OS/c1-14(19-11-12-20(2)3)17-9-4-5-10-18(17)22-16-8-6-7-15(21)13-16/h4-10,13-14,19,21H,11-12H2,1-3H3. The highest BCUT2D eigenvalue weighted by Crippen LogP contribution is 2.34. The first kappa shape index (κ1) is 16.9. The van der Waals surface area contributed by atoms with Crippen LogP contribution in [0.4, 0.5) is 0 Å². The summed E-state index contributed by atoms with van der Waals surface area (Å²) in [5, 5.41) is 13.2. The summed E-state index contributed by atoms with van der Waals surface area (Å²) in [6, 6.07) is 16.1. The van der Waals surface area contributed by atoms with Crippen LogP contribution in [0.2, 0.25) is 0 Å². The molecule has 0 fully saturated rings. The first-order chi connectivity index (χ1) is 10.6. The summed E-state index contributed by atoms with van der Waals surface area (Å²) in [5.41, 5.74) is 1.29. The Morgan fingerprint density at radius 3 is 2.64 bits per heavy atom. The number of phenols is 1. The van der Waals surface area contributed by atoms with Crippen molar-refractivity contribution >= 4 is 11.8 Å². The average molecular weight is 316 g/mol. The monoisotopic (exact) mass is 316 g/mol. The zero-order valence-corrected chi connectivity index (χ0v) is 14.2. The predicted octanol–water partition coefficient (Wildman–Crippen LogP) is 3.76. The Kier molecular flexibility index (Phi) is 6.31. The molecular weight excluding hydrogens is 292 g/mol. The Labute approximate surface area is 137 Å². The molecule has 4 heteroatoms. The van der Waals surface area contributed by atoms with Gasteiger partial charge < -0.3 is 15.3 Å². The van der Waals surface area contributed by atoms with E-state index in [-0.39, 0.29) is 0 Å². The molecule has 22 heavy (non-hydrogen) atoms. The lowest BCUT2D eigenvalue weighted by atomic mass is 10.1. The van der Waals surface area contributed by atoms with Crippen LogP contribution in [0.15, 0.2) is 58.3 Å². The predicted molar refractivity (Wildman–Crippen MR) is 93.6 cm³/mol. The molecule has 2 N–H and O–H groups in total. The van der Waals surface area contributed by atoms with Crippen molar-refractivity contribution < 1.29 is 5.11 Å². The van der Waals surface area contributed by atoms with Gasteiger partial charge in [0, 0.05) is 28.9 Å². The van der Waals surface area contributed by atoms with E-state index >= 15 is 0 Å². The Bertz CT molecular complexity index is 601. The first-order valence-corrected chi connectivity index (χ1v) is 8.32. The van der Waals surface area contributed by atoms with Crippen LogP contribution >= 0.6 is 11.8 Å². The van der Waals surface area contributed by atoms with Gasteiger partial charge in [0.25, 0.3) is 0 Å². The molecule has 2 aromatic carbocycles. The van der Waals surface area contributed by atoms with Gasteiger partial charge in [-0.1, -0.05) is 36.0 Å². The molecule has 0 aliphatic heterocycles. The minimum Gasteiger partial charge on any atom is -0.508 e. The normalized spacial score (nSPS) is 12.5. The maximum atomic E-state index is 9.61. The molecule has 0 spiro atoms. The third-order valence-electron chi connectivity index (χ3n) is 3.44. The Hall–Kier alpha value is -1.49. The van der Waals surface area contributed by atoms with Crippen molar-refractivity contribution in [2.24, 2.45) is 0 Å². The van der Waals surface area contributed by atoms with Crippen LogP contribution < -0.4 is 5.32 Å². The van der Waals surface area contributed by atoms with Crippen LogP contribution in [0.1, 0.15) is 18.5 Å². The maximum absolute atomic E-state index is 9.61. The zero-order chi connectivity index (χ0) is 15.9. The van der Waals surface area contributed by atoms with Gasteiger partial charge in [-0.15, -0.1) is 0 Å². The van der Waals surface area contributed by atoms with Gasteiger partial charge >= 0.3 is 0 Å². The Morgan fingerprint density at radius 2 is 1.91 bits per heavy atom. The molecule has 2 aromatic rings. The zero-order valence-electron chi connectivity index (χ0n) is 13.4. The quantitative estimate of drug-likeness (QED) is 0.815. The maximum Gasteiger partial charge on any atom is 0.116 e. The second-order valence-corrected chi connectivity index (χ2v) is 6.73. The molecule has 2 rings (SSSR count). The summed E-state index contributed by atoms with van der Waals surface area (Å²) >= 11 is 1.69. The number of hydrogen-bond donors (Lipinski definition) is 2. The minimum absolute atomic E-state index is 0.293. The van der Waals surface area contributed by atoms with Gasteiger partial charge in [0.2, 0.25) is 0 Å². The molecule has 1 unspecified atom stereocenters. The first-order valence-electron chi connectivity index (χ1n) is 7.50. The Morgan fingerprint density at radius 1 is 1.14 bits per heavy atom. The second kappa shape index (κ2) is 8.22. The number of hydrogen-bond acceptors (Lipinski definition) is 4. The molecule has 1 atom stereocenters. The van der Waals surface area contributed by atoms with Crippen molar-refractivity contribution in [1.82, 2.24) is 10.2 Å². The lowest BCUT2D eigenvalue weighted by Gasteiger charge is -2.19. The number of likely N-dealkylation sites (N-methyl/N-ethyl adjacent to an activating group) is 1. The van der Waals surface area contributed by atoms with E-state index in [2.05, 4.69) is 55.5 Å². The van der Waals surface area contributed by atoms with E-state index in [0.29, 0.717) is 11.8 Å². The van der Waals surface area contributed by atoms with E-state index < -0.39 is 0 Å². The number of phenolic OH excluding ortho intramolecular Hbond substituents is 1. The van der Waals surface area contributed by atoms with Gasteiger partial charge in [0.05, 0.1) is 0 Å². The third kappa shape index (κ3) is 5.05. The molecule has 0 amide bonds. The SMILES string of the molecule is CC(NCCN(C)C)c1ccccc1Sc1cccc(O)c1. The molecule has 3 nitrogen and oxygen atoms in total. The minimum atomic E-state index is 0.293. The summed E-state index contributed by atoms with van der Waals surface area (Å²) in [6.45, 7) is 4.17. The summed E-state index contributed by atoms with van der Waals surface area (Å²) < 4.78 is 0. The van der Waals surface area contributed by atoms with Gasteiger partial charge in [0.1, 0.15) is 5.75 Å². The molecular formula is C18H24N2OS. The largest absolute Gasteiger partial charge is 0.508 e. The number of aromatic hydroxyl groups is 1. The molecule has 0 saturated carbocycles. The van der Waals surface area contributed by atoms with Gasteiger partial charge in [-0.25, -0.2) is 0 Å². The highest BCUT2D eigenvalue weighted by molar-refractivity contribution is 7.99. The molecule has 0 aromatic heterocycles. The van der Waals surface area contributed by atoms with Gasteiger partial charge in [-0.2, -0.15) is 0 Å². The summed E-state index contributed by atoms with van der Waals surface area (Å²) in [4.78, 5) is 4.44. The van der Waals surface area contributed by atoms with E-state index in [1.165, 1.54) is 10.5 Å². The topological polar surface area (TPSA) is 35.5 Å². The van der Waals surface area contributed by atoms with Crippen molar-refractivity contribution in [3.8, 4) is 5.75 Å². The fourth-order valence-corrected chi connectivity index (χ4v) is 3.31. The van der Waals surface area contributed by atoms with E-state index in [0.717, 1.165) is 18.0 Å². The lowest BCUT2D eigenvalue weighted by molar-refractivity contribution is 0.388. The number of benzene rings is 2. The summed E-state index contributed by atoms with van der Waals surface area (Å²) in [5.74, 6) is 0.305. The van der Waals surface area contributed by atoms with E-state index in [9.17, 15) is 5.11 Å². The van der Waals surface area contributed by atoms with Crippen LogP contribution in [-0.2, 0) is 0 Å². The summed E-state index contributed by atoms with van der Waals surface area (Å²) in [7, 11) is 4.16. The highest BCUT2D eigenvalue weighted by Gasteiger charge is 2.11. The number of nitrogens with zero attached hydrogens (tertiary/aromatic N) is 1. The van der Waals surface area contributed by atoms with E-state index in [1.807, 2.05) is 12.1 Å². The van der Waals surface area contributed by atoms with Gasteiger partial charge in [-0.05, 0) is 50.8 Å². The molecule has 0 bridgehead atoms. The van der Waals surface area contributed by atoms with Crippen LogP contribution in [-0.4, -0.2) is 37.2 Å². The molecule has 0 radical (unpaired) electrons. The average Bonchev–Trinajstić information content (AvgIpc) is 2.47. The smallest absolute Gasteiger partial charge is 0.116 e. The lowest BCUT2D eigenvalue weighted by Crippen LogP contribution is -2.28. The molecule has 0 heterocycles.